The van der Waals surface area contributed by atoms with E-state index in [4.69, 9.17) is 9.47 Å². The second kappa shape index (κ2) is 6.32. The zero-order chi connectivity index (χ0) is 15.6. The number of nitrogens with one attached hydrogen (secondary N) is 1. The molecule has 3 unspecified atom stereocenters. The highest BCUT2D eigenvalue weighted by molar-refractivity contribution is 5.36. The lowest BCUT2D eigenvalue weighted by Crippen LogP contribution is -2.61. The molecule has 2 rings (SSSR count). The molecule has 1 N–H and O–H groups in total. The Hall–Kier alpha value is -1.13. The fourth-order valence-electron chi connectivity index (χ4n) is 3.09. The first-order valence-electron chi connectivity index (χ1n) is 7.61. The van der Waals surface area contributed by atoms with Crippen molar-refractivity contribution < 1.29 is 13.9 Å². The number of hydrogen-bond acceptors (Lipinski definition) is 3. The summed E-state index contributed by atoms with van der Waals surface area (Å²) in [6.45, 7) is 9.24. The molecule has 3 atom stereocenters. The van der Waals surface area contributed by atoms with Gasteiger partial charge in [0.2, 0.25) is 0 Å². The van der Waals surface area contributed by atoms with Crippen LogP contribution in [0.4, 0.5) is 4.39 Å². The summed E-state index contributed by atoms with van der Waals surface area (Å²) in [5, 5.41) is 3.59. The van der Waals surface area contributed by atoms with Gasteiger partial charge in [0.25, 0.3) is 0 Å². The Balaban J connectivity index is 2.06. The molecule has 1 aliphatic carbocycles. The molecule has 0 radical (unpaired) electrons. The first kappa shape index (κ1) is 16.2. The van der Waals surface area contributed by atoms with Gasteiger partial charge in [-0.1, -0.05) is 13.8 Å². The van der Waals surface area contributed by atoms with Gasteiger partial charge in [0.1, 0.15) is 11.6 Å². The van der Waals surface area contributed by atoms with E-state index >= 15 is 0 Å². The van der Waals surface area contributed by atoms with E-state index < -0.39 is 0 Å². The molecule has 0 spiro atoms. The highest BCUT2D eigenvalue weighted by atomic mass is 19.1. The minimum atomic E-state index is -0.237. The van der Waals surface area contributed by atoms with Crippen LogP contribution in [0.2, 0.25) is 0 Å². The molecular formula is C17H26FNO2. The minimum Gasteiger partial charge on any atom is -0.496 e. The normalized spacial score (nSPS) is 25.2. The lowest BCUT2D eigenvalue weighted by atomic mass is 9.64. The fourth-order valence-corrected chi connectivity index (χ4v) is 3.09. The first-order chi connectivity index (χ1) is 9.90. The molecule has 1 aromatic carbocycles. The van der Waals surface area contributed by atoms with Gasteiger partial charge < -0.3 is 14.8 Å². The zero-order valence-corrected chi connectivity index (χ0v) is 13.6. The van der Waals surface area contributed by atoms with Crippen LogP contribution in [0.25, 0.3) is 0 Å². The maximum Gasteiger partial charge on any atom is 0.123 e. The molecule has 118 valence electrons. The van der Waals surface area contributed by atoms with Crippen molar-refractivity contribution in [1.29, 1.82) is 0 Å². The second-order valence-electron chi connectivity index (χ2n) is 6.33. The lowest BCUT2D eigenvalue weighted by molar-refractivity contribution is -0.116. The van der Waals surface area contributed by atoms with Gasteiger partial charge in [0.05, 0.1) is 13.2 Å². The largest absolute Gasteiger partial charge is 0.496 e. The summed E-state index contributed by atoms with van der Waals surface area (Å²) in [4.78, 5) is 0. The average Bonchev–Trinajstić information content (AvgIpc) is 2.46. The molecule has 3 nitrogen and oxygen atoms in total. The number of benzene rings is 1. The summed E-state index contributed by atoms with van der Waals surface area (Å²) in [5.41, 5.74) is 0.943. The molecule has 0 heterocycles. The van der Waals surface area contributed by atoms with Gasteiger partial charge in [-0.05, 0) is 38.5 Å². The van der Waals surface area contributed by atoms with E-state index in [9.17, 15) is 4.39 Å². The maximum atomic E-state index is 13.5. The van der Waals surface area contributed by atoms with Crippen LogP contribution in [-0.2, 0) is 4.74 Å². The topological polar surface area (TPSA) is 30.5 Å². The molecule has 4 heteroatoms. The Morgan fingerprint density at radius 1 is 1.43 bits per heavy atom. The van der Waals surface area contributed by atoms with E-state index in [2.05, 4.69) is 19.2 Å². The van der Waals surface area contributed by atoms with Crippen LogP contribution >= 0.6 is 0 Å². The Morgan fingerprint density at radius 2 is 2.14 bits per heavy atom. The summed E-state index contributed by atoms with van der Waals surface area (Å²) in [6, 6.07) is 5.03. The van der Waals surface area contributed by atoms with Crippen LogP contribution in [0.5, 0.6) is 5.75 Å². The Kier molecular flexibility index (Phi) is 4.89. The summed E-state index contributed by atoms with van der Waals surface area (Å²) in [6.07, 6.45) is 1.28. The van der Waals surface area contributed by atoms with Crippen LogP contribution in [-0.4, -0.2) is 25.9 Å². The molecule has 0 aliphatic heterocycles. The summed E-state index contributed by atoms with van der Waals surface area (Å²) < 4.78 is 24.6. The SMILES string of the molecule is CCOC1CC(NC(C)c2cc(F)ccc2OC)C1(C)C. The van der Waals surface area contributed by atoms with E-state index in [1.807, 2.05) is 13.8 Å². The van der Waals surface area contributed by atoms with Crippen molar-refractivity contribution in [3.05, 3.63) is 29.6 Å². The Morgan fingerprint density at radius 3 is 2.71 bits per heavy atom. The van der Waals surface area contributed by atoms with Gasteiger partial charge in [-0.15, -0.1) is 0 Å². The summed E-state index contributed by atoms with van der Waals surface area (Å²) in [7, 11) is 1.61. The molecule has 0 bridgehead atoms. The van der Waals surface area contributed by atoms with Crippen molar-refractivity contribution in [3.8, 4) is 5.75 Å². The highest BCUT2D eigenvalue weighted by Gasteiger charge is 2.49. The Labute approximate surface area is 126 Å². The van der Waals surface area contributed by atoms with Crippen molar-refractivity contribution >= 4 is 0 Å². The average molecular weight is 295 g/mol. The molecular weight excluding hydrogens is 269 g/mol. The number of hydrogen-bond donors (Lipinski definition) is 1. The van der Waals surface area contributed by atoms with Crippen LogP contribution in [0.15, 0.2) is 18.2 Å². The third-order valence-electron chi connectivity index (χ3n) is 4.66. The monoisotopic (exact) mass is 295 g/mol. The van der Waals surface area contributed by atoms with Crippen LogP contribution in [0.1, 0.15) is 45.7 Å². The minimum absolute atomic E-state index is 0.0301. The highest BCUT2D eigenvalue weighted by Crippen LogP contribution is 2.44. The standard InChI is InChI=1S/C17H26FNO2/c1-6-21-16-10-15(17(16,3)4)19-11(2)13-9-12(18)7-8-14(13)20-5/h7-9,11,15-16,19H,6,10H2,1-5H3. The predicted molar refractivity (Wildman–Crippen MR) is 82.1 cm³/mol. The fraction of sp³-hybridized carbons (Fsp3) is 0.647. The number of ether oxygens (including phenoxy) is 2. The lowest BCUT2D eigenvalue weighted by Gasteiger charge is -2.52. The van der Waals surface area contributed by atoms with Crippen molar-refractivity contribution in [3.63, 3.8) is 0 Å². The smallest absolute Gasteiger partial charge is 0.123 e. The molecule has 0 aromatic heterocycles. The molecule has 1 aromatic rings. The van der Waals surface area contributed by atoms with Gasteiger partial charge in [0, 0.05) is 29.7 Å². The summed E-state index contributed by atoms with van der Waals surface area (Å²) in [5.74, 6) is 0.481. The summed E-state index contributed by atoms with van der Waals surface area (Å²) >= 11 is 0. The van der Waals surface area contributed by atoms with E-state index in [1.165, 1.54) is 6.07 Å². The maximum absolute atomic E-state index is 13.5. The molecule has 1 fully saturated rings. The Bertz CT molecular complexity index is 490. The van der Waals surface area contributed by atoms with Gasteiger partial charge in [-0.25, -0.2) is 4.39 Å². The van der Waals surface area contributed by atoms with Crippen LogP contribution in [0, 0.1) is 11.2 Å². The van der Waals surface area contributed by atoms with E-state index in [0.717, 1.165) is 24.3 Å². The zero-order valence-electron chi connectivity index (χ0n) is 13.6. The molecule has 1 saturated carbocycles. The van der Waals surface area contributed by atoms with Crippen molar-refractivity contribution in [2.75, 3.05) is 13.7 Å². The van der Waals surface area contributed by atoms with Crippen molar-refractivity contribution in [1.82, 2.24) is 5.32 Å². The van der Waals surface area contributed by atoms with Crippen LogP contribution in [0.3, 0.4) is 0 Å². The second-order valence-corrected chi connectivity index (χ2v) is 6.33. The van der Waals surface area contributed by atoms with Crippen molar-refractivity contribution in [2.45, 2.75) is 52.3 Å². The van der Waals surface area contributed by atoms with E-state index in [-0.39, 0.29) is 17.3 Å². The number of rotatable bonds is 6. The first-order valence-corrected chi connectivity index (χ1v) is 7.61. The molecule has 1 aliphatic rings. The van der Waals surface area contributed by atoms with Crippen LogP contribution < -0.4 is 10.1 Å². The predicted octanol–water partition coefficient (Wildman–Crippen LogP) is 3.69. The van der Waals surface area contributed by atoms with Gasteiger partial charge in [-0.3, -0.25) is 0 Å². The van der Waals surface area contributed by atoms with E-state index in [1.54, 1.807) is 19.2 Å². The number of methoxy groups -OCH3 is 1. The third-order valence-corrected chi connectivity index (χ3v) is 4.66. The van der Waals surface area contributed by atoms with Gasteiger partial charge >= 0.3 is 0 Å². The van der Waals surface area contributed by atoms with Crippen molar-refractivity contribution in [2.24, 2.45) is 5.41 Å². The van der Waals surface area contributed by atoms with Gasteiger partial charge in [-0.2, -0.15) is 0 Å². The quantitative estimate of drug-likeness (QED) is 0.868. The number of halogens is 1. The molecule has 0 saturated heterocycles. The molecule has 0 amide bonds. The van der Waals surface area contributed by atoms with E-state index in [0.29, 0.717) is 12.1 Å². The third kappa shape index (κ3) is 3.22. The molecule has 21 heavy (non-hydrogen) atoms. The van der Waals surface area contributed by atoms with Gasteiger partial charge in [0.15, 0.2) is 0 Å².